The lowest BCUT2D eigenvalue weighted by Gasteiger charge is -2.13. The number of aromatic nitrogens is 2. The second-order valence-corrected chi connectivity index (χ2v) is 4.37. The third-order valence-corrected chi connectivity index (χ3v) is 2.78. The van der Waals surface area contributed by atoms with Crippen LogP contribution in [0.15, 0.2) is 35.1 Å². The van der Waals surface area contributed by atoms with Crippen LogP contribution in [0.2, 0.25) is 0 Å². The van der Waals surface area contributed by atoms with Gasteiger partial charge in [-0.15, -0.1) is 0 Å². The van der Waals surface area contributed by atoms with Gasteiger partial charge in [0.15, 0.2) is 5.69 Å². The Bertz CT molecular complexity index is 765. The number of rotatable bonds is 2. The van der Waals surface area contributed by atoms with Crippen molar-refractivity contribution in [3.05, 3.63) is 57.5 Å². The van der Waals surface area contributed by atoms with Gasteiger partial charge in [0.2, 0.25) is 5.43 Å². The van der Waals surface area contributed by atoms with Gasteiger partial charge >= 0.3 is 6.18 Å². The van der Waals surface area contributed by atoms with Crippen LogP contribution in [-0.2, 0) is 6.18 Å². The fourth-order valence-corrected chi connectivity index (χ4v) is 1.81. The summed E-state index contributed by atoms with van der Waals surface area (Å²) in [6, 6.07) is 5.68. The Hall–Kier alpha value is -2.64. The van der Waals surface area contributed by atoms with Crippen LogP contribution in [-0.4, -0.2) is 15.6 Å². The number of hydrogen-bond acceptors (Lipinski definition) is 3. The molecule has 2 aromatic rings. The standard InChI is InChI=1S/C13H11F3N4O/c1-7-5-10(21)11(12(17)18)19-20(7)9-4-2-3-8(6-9)13(14,15)16/h2-6H,1H3,(H3,17,18). The van der Waals surface area contributed by atoms with E-state index in [0.717, 1.165) is 16.8 Å². The quantitative estimate of drug-likeness (QED) is 0.655. The van der Waals surface area contributed by atoms with E-state index in [-0.39, 0.29) is 11.4 Å². The van der Waals surface area contributed by atoms with Crippen molar-refractivity contribution < 1.29 is 13.2 Å². The SMILES string of the molecule is Cc1cc(=O)c(C(=N)N)nn1-c1cccc(C(F)(F)F)c1. The summed E-state index contributed by atoms with van der Waals surface area (Å²) < 4.78 is 39.3. The van der Waals surface area contributed by atoms with E-state index < -0.39 is 23.0 Å². The number of benzene rings is 1. The number of nitrogens with zero attached hydrogens (tertiary/aromatic N) is 2. The van der Waals surface area contributed by atoms with E-state index in [0.29, 0.717) is 5.69 Å². The Labute approximate surface area is 117 Å². The van der Waals surface area contributed by atoms with Crippen molar-refractivity contribution in [1.82, 2.24) is 9.78 Å². The molecule has 0 amide bonds. The molecule has 0 aliphatic heterocycles. The van der Waals surface area contributed by atoms with Crippen molar-refractivity contribution in [2.45, 2.75) is 13.1 Å². The molecule has 0 unspecified atom stereocenters. The predicted octanol–water partition coefficient (Wildman–Crippen LogP) is 1.84. The van der Waals surface area contributed by atoms with Crippen molar-refractivity contribution in [2.75, 3.05) is 0 Å². The van der Waals surface area contributed by atoms with Crippen LogP contribution in [0, 0.1) is 12.3 Å². The van der Waals surface area contributed by atoms with Crippen LogP contribution >= 0.6 is 0 Å². The molecule has 0 spiro atoms. The average molecular weight is 296 g/mol. The van der Waals surface area contributed by atoms with Gasteiger partial charge in [-0.05, 0) is 25.1 Å². The molecule has 0 saturated heterocycles. The lowest BCUT2D eigenvalue weighted by molar-refractivity contribution is -0.137. The van der Waals surface area contributed by atoms with Gasteiger partial charge in [-0.3, -0.25) is 10.2 Å². The fraction of sp³-hybridized carbons (Fsp3) is 0.154. The summed E-state index contributed by atoms with van der Waals surface area (Å²) in [7, 11) is 0. The molecular weight excluding hydrogens is 285 g/mol. The first-order valence-corrected chi connectivity index (χ1v) is 5.83. The van der Waals surface area contributed by atoms with E-state index in [9.17, 15) is 18.0 Å². The van der Waals surface area contributed by atoms with Gasteiger partial charge in [0.05, 0.1) is 11.3 Å². The zero-order valence-corrected chi connectivity index (χ0v) is 10.9. The molecule has 1 heterocycles. The van der Waals surface area contributed by atoms with Gasteiger partial charge in [0.25, 0.3) is 0 Å². The molecule has 5 nitrogen and oxygen atoms in total. The number of nitrogen functional groups attached to an aromatic ring is 1. The molecule has 0 bridgehead atoms. The average Bonchev–Trinajstić information content (AvgIpc) is 2.37. The first kappa shape index (κ1) is 14.8. The second-order valence-electron chi connectivity index (χ2n) is 4.37. The summed E-state index contributed by atoms with van der Waals surface area (Å²) in [6.07, 6.45) is -4.48. The first-order valence-electron chi connectivity index (χ1n) is 5.83. The smallest absolute Gasteiger partial charge is 0.382 e. The third-order valence-electron chi connectivity index (χ3n) is 2.78. The molecule has 2 rings (SSSR count). The molecule has 110 valence electrons. The molecule has 0 aliphatic rings. The molecule has 21 heavy (non-hydrogen) atoms. The number of nitrogens with one attached hydrogen (secondary N) is 1. The Balaban J connectivity index is 2.65. The summed E-state index contributed by atoms with van der Waals surface area (Å²) in [5.74, 6) is -0.541. The monoisotopic (exact) mass is 296 g/mol. The molecule has 8 heteroatoms. The molecule has 0 radical (unpaired) electrons. The van der Waals surface area contributed by atoms with Gasteiger partial charge in [-0.1, -0.05) is 6.07 Å². The largest absolute Gasteiger partial charge is 0.416 e. The van der Waals surface area contributed by atoms with Crippen molar-refractivity contribution >= 4 is 5.84 Å². The summed E-state index contributed by atoms with van der Waals surface area (Å²) >= 11 is 0. The highest BCUT2D eigenvalue weighted by atomic mass is 19.4. The van der Waals surface area contributed by atoms with Crippen molar-refractivity contribution in [2.24, 2.45) is 5.73 Å². The van der Waals surface area contributed by atoms with Crippen LogP contribution in [0.5, 0.6) is 0 Å². The number of hydrogen-bond donors (Lipinski definition) is 2. The van der Waals surface area contributed by atoms with E-state index in [2.05, 4.69) is 5.10 Å². The number of amidine groups is 1. The highest BCUT2D eigenvalue weighted by Crippen LogP contribution is 2.30. The minimum absolute atomic E-state index is 0.129. The number of nitrogens with two attached hydrogens (primary N) is 1. The molecule has 0 atom stereocenters. The molecule has 0 saturated carbocycles. The summed E-state index contributed by atoms with van der Waals surface area (Å²) in [4.78, 5) is 11.6. The summed E-state index contributed by atoms with van der Waals surface area (Å²) in [5.41, 5.74) is 4.02. The highest BCUT2D eigenvalue weighted by molar-refractivity contribution is 5.92. The predicted molar refractivity (Wildman–Crippen MR) is 70.6 cm³/mol. The summed E-state index contributed by atoms with van der Waals surface area (Å²) in [5, 5.41) is 11.1. The van der Waals surface area contributed by atoms with E-state index in [4.69, 9.17) is 11.1 Å². The second kappa shape index (κ2) is 5.04. The van der Waals surface area contributed by atoms with Gasteiger partial charge in [-0.25, -0.2) is 4.68 Å². The lowest BCUT2D eigenvalue weighted by Crippen LogP contribution is -2.27. The van der Waals surface area contributed by atoms with Crippen LogP contribution < -0.4 is 11.2 Å². The fourth-order valence-electron chi connectivity index (χ4n) is 1.81. The Morgan fingerprint density at radius 2 is 2.00 bits per heavy atom. The van der Waals surface area contributed by atoms with E-state index in [1.807, 2.05) is 0 Å². The minimum atomic E-state index is -4.48. The van der Waals surface area contributed by atoms with Crippen molar-refractivity contribution in [3.63, 3.8) is 0 Å². The van der Waals surface area contributed by atoms with Crippen LogP contribution in [0.1, 0.15) is 17.0 Å². The maximum atomic E-state index is 12.7. The van der Waals surface area contributed by atoms with E-state index >= 15 is 0 Å². The Kier molecular flexibility index (Phi) is 3.54. The van der Waals surface area contributed by atoms with E-state index in [1.54, 1.807) is 0 Å². The summed E-state index contributed by atoms with van der Waals surface area (Å²) in [6.45, 7) is 1.53. The van der Waals surface area contributed by atoms with Gasteiger partial charge < -0.3 is 5.73 Å². The molecule has 0 fully saturated rings. The number of aryl methyl sites for hydroxylation is 1. The van der Waals surface area contributed by atoms with Gasteiger partial charge in [0.1, 0.15) is 5.84 Å². The molecule has 1 aromatic carbocycles. The highest BCUT2D eigenvalue weighted by Gasteiger charge is 2.30. The lowest BCUT2D eigenvalue weighted by atomic mass is 10.2. The minimum Gasteiger partial charge on any atom is -0.382 e. The third kappa shape index (κ3) is 2.93. The normalized spacial score (nSPS) is 11.4. The van der Waals surface area contributed by atoms with Crippen LogP contribution in [0.3, 0.4) is 0 Å². The first-order chi connectivity index (χ1) is 9.70. The Morgan fingerprint density at radius 3 is 2.57 bits per heavy atom. The maximum absolute atomic E-state index is 12.7. The number of alkyl halides is 3. The van der Waals surface area contributed by atoms with E-state index in [1.165, 1.54) is 25.1 Å². The molecular formula is C13H11F3N4O. The van der Waals surface area contributed by atoms with Crippen LogP contribution in [0.4, 0.5) is 13.2 Å². The topological polar surface area (TPSA) is 84.8 Å². The molecule has 1 aromatic heterocycles. The maximum Gasteiger partial charge on any atom is 0.416 e. The molecule has 0 aliphatic carbocycles. The molecule has 3 N–H and O–H groups in total. The Morgan fingerprint density at radius 1 is 1.33 bits per heavy atom. The van der Waals surface area contributed by atoms with Crippen molar-refractivity contribution in [3.8, 4) is 5.69 Å². The number of halogens is 3. The zero-order valence-electron chi connectivity index (χ0n) is 10.9. The van der Waals surface area contributed by atoms with Crippen molar-refractivity contribution in [1.29, 1.82) is 5.41 Å². The zero-order chi connectivity index (χ0) is 15.8. The van der Waals surface area contributed by atoms with Gasteiger partial charge in [-0.2, -0.15) is 18.3 Å². The van der Waals surface area contributed by atoms with Crippen LogP contribution in [0.25, 0.3) is 5.69 Å². The van der Waals surface area contributed by atoms with Gasteiger partial charge in [0, 0.05) is 11.8 Å².